The zero-order valence-electron chi connectivity index (χ0n) is 54.6. The van der Waals surface area contributed by atoms with E-state index in [9.17, 15) is 43.2 Å². The molecule has 0 aliphatic carbocycles. The zero-order valence-corrected chi connectivity index (χ0v) is 56.4. The number of carbonyl (C=O) groups excluding carboxylic acids is 4. The summed E-state index contributed by atoms with van der Waals surface area (Å²) in [5.41, 5.74) is 0. The van der Waals surface area contributed by atoms with Crippen molar-refractivity contribution in [2.45, 2.75) is 361 Å². The molecule has 0 radical (unpaired) electrons. The molecule has 504 valence electrons. The number of hydrogen-bond acceptors (Lipinski definition) is 15. The molecule has 0 saturated heterocycles. The minimum absolute atomic E-state index is 0.107. The van der Waals surface area contributed by atoms with Crippen LogP contribution in [-0.4, -0.2) is 96.7 Å². The van der Waals surface area contributed by atoms with Gasteiger partial charge in [-0.3, -0.25) is 37.3 Å². The van der Waals surface area contributed by atoms with Crippen LogP contribution < -0.4 is 0 Å². The summed E-state index contributed by atoms with van der Waals surface area (Å²) in [5.74, 6) is -2.13. The second-order valence-corrected chi connectivity index (χ2v) is 26.8. The second-order valence-electron chi connectivity index (χ2n) is 23.9. The maximum atomic E-state index is 13.0. The van der Waals surface area contributed by atoms with Crippen LogP contribution in [0.25, 0.3) is 0 Å². The molecule has 0 amide bonds. The standard InChI is InChI=1S/C66H128O17P2/c1-5-9-13-17-21-25-28-29-30-31-32-33-34-37-41-45-49-53-66(71)83-62(57-77-64(69)51-47-43-39-35-26-22-18-14-10-6-2)59-81-85(74,75)79-55-60(67)54-78-84(72,73)80-58-61(56-76-63(68)50-46-42-38-24-20-16-12-8-4)82-65(70)52-48-44-40-36-27-23-19-15-11-7-3/h60-62,67H,5-59H2,1-4H3,(H,72,73)(H,74,75)/t60-,61+,62+/m0/s1. The molecule has 5 atom stereocenters. The summed E-state index contributed by atoms with van der Waals surface area (Å²) in [5, 5.41) is 10.5. The highest BCUT2D eigenvalue weighted by Crippen LogP contribution is 2.45. The number of unbranched alkanes of at least 4 members (excludes halogenated alkanes) is 41. The van der Waals surface area contributed by atoms with Gasteiger partial charge in [-0.15, -0.1) is 0 Å². The van der Waals surface area contributed by atoms with Crippen LogP contribution in [0.15, 0.2) is 0 Å². The van der Waals surface area contributed by atoms with Crippen LogP contribution >= 0.6 is 15.6 Å². The van der Waals surface area contributed by atoms with Crippen LogP contribution in [0.2, 0.25) is 0 Å². The van der Waals surface area contributed by atoms with E-state index in [0.29, 0.717) is 25.7 Å². The van der Waals surface area contributed by atoms with Crippen molar-refractivity contribution >= 4 is 39.5 Å². The van der Waals surface area contributed by atoms with Gasteiger partial charge < -0.3 is 33.8 Å². The Morgan fingerprint density at radius 3 is 0.694 bits per heavy atom. The lowest BCUT2D eigenvalue weighted by Crippen LogP contribution is -2.30. The van der Waals surface area contributed by atoms with Crippen LogP contribution in [0.1, 0.15) is 342 Å². The van der Waals surface area contributed by atoms with Gasteiger partial charge in [0.05, 0.1) is 26.4 Å². The third-order valence-corrected chi connectivity index (χ3v) is 17.3. The third kappa shape index (κ3) is 60.7. The summed E-state index contributed by atoms with van der Waals surface area (Å²) in [4.78, 5) is 72.2. The van der Waals surface area contributed by atoms with Crippen LogP contribution in [0, 0.1) is 0 Å². The van der Waals surface area contributed by atoms with E-state index in [4.69, 9.17) is 37.0 Å². The zero-order chi connectivity index (χ0) is 62.6. The maximum absolute atomic E-state index is 13.0. The minimum Gasteiger partial charge on any atom is -0.462 e. The van der Waals surface area contributed by atoms with Gasteiger partial charge in [-0.05, 0) is 25.7 Å². The Kier molecular flexibility index (Phi) is 59.6. The van der Waals surface area contributed by atoms with Crippen molar-refractivity contribution in [3.05, 3.63) is 0 Å². The monoisotopic (exact) mass is 1250 g/mol. The Labute approximate surface area is 517 Å². The predicted molar refractivity (Wildman–Crippen MR) is 340 cm³/mol. The summed E-state index contributed by atoms with van der Waals surface area (Å²) in [7, 11) is -9.88. The van der Waals surface area contributed by atoms with Gasteiger partial charge in [0, 0.05) is 25.7 Å². The fraction of sp³-hybridized carbons (Fsp3) is 0.939. The Bertz CT molecular complexity index is 1640. The highest BCUT2D eigenvalue weighted by atomic mass is 31.2. The predicted octanol–water partition coefficient (Wildman–Crippen LogP) is 18.7. The lowest BCUT2D eigenvalue weighted by molar-refractivity contribution is -0.161. The number of phosphoric ester groups is 2. The molecule has 0 aromatic heterocycles. The number of aliphatic hydroxyl groups excluding tert-OH is 1. The summed E-state index contributed by atoms with van der Waals surface area (Å²) in [6.45, 7) is 4.87. The highest BCUT2D eigenvalue weighted by Gasteiger charge is 2.30. The van der Waals surface area contributed by atoms with E-state index < -0.39 is 97.5 Å². The van der Waals surface area contributed by atoms with E-state index in [-0.39, 0.29) is 25.7 Å². The molecule has 0 fully saturated rings. The first-order valence-electron chi connectivity index (χ1n) is 34.8. The maximum Gasteiger partial charge on any atom is 0.472 e. The molecule has 0 aromatic rings. The molecule has 0 aromatic carbocycles. The van der Waals surface area contributed by atoms with Crippen molar-refractivity contribution in [1.82, 2.24) is 0 Å². The van der Waals surface area contributed by atoms with Gasteiger partial charge in [0.1, 0.15) is 19.3 Å². The van der Waals surface area contributed by atoms with E-state index in [2.05, 4.69) is 27.7 Å². The normalized spacial score (nSPS) is 14.1. The first kappa shape index (κ1) is 83.1. The molecule has 0 aliphatic rings. The van der Waals surface area contributed by atoms with Gasteiger partial charge in [0.2, 0.25) is 0 Å². The van der Waals surface area contributed by atoms with Gasteiger partial charge in [-0.1, -0.05) is 291 Å². The second kappa shape index (κ2) is 60.9. The van der Waals surface area contributed by atoms with E-state index in [1.165, 1.54) is 167 Å². The summed E-state index contributed by atoms with van der Waals surface area (Å²) >= 11 is 0. The highest BCUT2D eigenvalue weighted by molar-refractivity contribution is 7.47. The molecule has 0 aliphatic heterocycles. The lowest BCUT2D eigenvalue weighted by Gasteiger charge is -2.21. The van der Waals surface area contributed by atoms with E-state index in [1.807, 2.05) is 0 Å². The van der Waals surface area contributed by atoms with Crippen LogP contribution in [0.4, 0.5) is 0 Å². The summed E-state index contributed by atoms with van der Waals surface area (Å²) < 4.78 is 68.0. The number of ether oxygens (including phenoxy) is 4. The van der Waals surface area contributed by atoms with Gasteiger partial charge in [-0.2, -0.15) is 0 Å². The van der Waals surface area contributed by atoms with Crippen molar-refractivity contribution in [2.75, 3.05) is 39.6 Å². The molecule has 85 heavy (non-hydrogen) atoms. The van der Waals surface area contributed by atoms with Crippen molar-refractivity contribution in [2.24, 2.45) is 0 Å². The van der Waals surface area contributed by atoms with Gasteiger partial charge in [-0.25, -0.2) is 9.13 Å². The lowest BCUT2D eigenvalue weighted by atomic mass is 10.0. The summed E-state index contributed by atoms with van der Waals surface area (Å²) in [6.07, 6.45) is 47.2. The first-order valence-corrected chi connectivity index (χ1v) is 37.8. The fourth-order valence-electron chi connectivity index (χ4n) is 9.99. The Morgan fingerprint density at radius 2 is 0.471 bits per heavy atom. The molecular formula is C66H128O17P2. The van der Waals surface area contributed by atoms with Crippen LogP contribution in [0.3, 0.4) is 0 Å². The summed E-state index contributed by atoms with van der Waals surface area (Å²) in [6, 6.07) is 0. The molecule has 2 unspecified atom stereocenters. The van der Waals surface area contributed by atoms with Crippen LogP contribution in [0.5, 0.6) is 0 Å². The third-order valence-electron chi connectivity index (χ3n) is 15.4. The topological polar surface area (TPSA) is 237 Å². The average molecular weight is 1260 g/mol. The van der Waals surface area contributed by atoms with Gasteiger partial charge in [0.15, 0.2) is 12.2 Å². The molecule has 17 nitrogen and oxygen atoms in total. The molecule has 0 saturated carbocycles. The largest absolute Gasteiger partial charge is 0.472 e. The molecule has 0 bridgehead atoms. The molecule has 0 rings (SSSR count). The van der Waals surface area contributed by atoms with E-state index in [0.717, 1.165) is 96.3 Å². The first-order chi connectivity index (χ1) is 41.2. The molecule has 3 N–H and O–H groups in total. The number of rotatable bonds is 67. The SMILES string of the molecule is CCCCCCCCCCCCCCCCCCCC(=O)O[C@H](COC(=O)CCCCCCCCCCCC)COP(=O)(O)OC[C@@H](O)COP(=O)(O)OC[C@@H](COC(=O)CCCCCCCCCC)OC(=O)CCCCCCCCCCCC. The molecule has 19 heteroatoms. The number of hydrogen-bond donors (Lipinski definition) is 3. The molecule has 0 spiro atoms. The van der Waals surface area contributed by atoms with Gasteiger partial charge >= 0.3 is 39.5 Å². The Hall–Kier alpha value is -1.94. The minimum atomic E-state index is -4.94. The number of phosphoric acid groups is 2. The average Bonchev–Trinajstić information content (AvgIpc) is 3.51. The van der Waals surface area contributed by atoms with Crippen LogP contribution in [-0.2, 0) is 65.4 Å². The van der Waals surface area contributed by atoms with Crippen molar-refractivity contribution in [3.8, 4) is 0 Å². The Morgan fingerprint density at radius 1 is 0.282 bits per heavy atom. The molecule has 0 heterocycles. The van der Waals surface area contributed by atoms with Gasteiger partial charge in [0.25, 0.3) is 0 Å². The van der Waals surface area contributed by atoms with Crippen molar-refractivity contribution in [1.29, 1.82) is 0 Å². The quantitative estimate of drug-likeness (QED) is 0.0222. The Balaban J connectivity index is 5.18. The number of aliphatic hydroxyl groups is 1. The smallest absolute Gasteiger partial charge is 0.462 e. The van der Waals surface area contributed by atoms with E-state index >= 15 is 0 Å². The fourth-order valence-corrected chi connectivity index (χ4v) is 11.6. The van der Waals surface area contributed by atoms with Crippen molar-refractivity contribution < 1.29 is 80.2 Å². The van der Waals surface area contributed by atoms with Crippen molar-refractivity contribution in [3.63, 3.8) is 0 Å². The number of carbonyl (C=O) groups is 4. The number of esters is 4. The molecular weight excluding hydrogens is 1130 g/mol. The van der Waals surface area contributed by atoms with E-state index in [1.54, 1.807) is 0 Å².